The van der Waals surface area contributed by atoms with Crippen LogP contribution >= 0.6 is 0 Å². The monoisotopic (exact) mass is 548 g/mol. The van der Waals surface area contributed by atoms with E-state index in [1.807, 2.05) is 24.3 Å². The fourth-order valence-electron chi connectivity index (χ4n) is 4.18. The quantitative estimate of drug-likeness (QED) is 0.199. The first-order valence-electron chi connectivity index (χ1n) is 13.4. The molecule has 1 fully saturated rings. The highest BCUT2D eigenvalue weighted by molar-refractivity contribution is 5.87. The second kappa shape index (κ2) is 14.8. The average molecular weight is 549 g/mol. The molecule has 8 heteroatoms. The maximum Gasteiger partial charge on any atom is 0.333 e. The molecule has 0 amide bonds. The molecule has 3 rings (SSSR count). The van der Waals surface area contributed by atoms with Crippen LogP contribution in [0.4, 0.5) is 0 Å². The minimum atomic E-state index is -0.417. The van der Waals surface area contributed by atoms with Gasteiger partial charge in [0.1, 0.15) is 11.5 Å². The Kier molecular flexibility index (Phi) is 11.2. The topological polar surface area (TPSA) is 105 Å². The first kappa shape index (κ1) is 30.3. The number of ether oxygens (including phenoxy) is 4. The van der Waals surface area contributed by atoms with Crippen molar-refractivity contribution in [2.45, 2.75) is 52.4 Å². The van der Waals surface area contributed by atoms with Crippen molar-refractivity contribution in [1.82, 2.24) is 0 Å². The van der Waals surface area contributed by atoms with E-state index >= 15 is 0 Å². The summed E-state index contributed by atoms with van der Waals surface area (Å²) in [7, 11) is 0. The third-order valence-electron chi connectivity index (χ3n) is 6.62. The molecule has 1 saturated carbocycles. The molecule has 0 radical (unpaired) electrons. The zero-order valence-corrected chi connectivity index (χ0v) is 23.1. The van der Waals surface area contributed by atoms with E-state index in [0.717, 1.165) is 11.1 Å². The summed E-state index contributed by atoms with van der Waals surface area (Å²) in [5.74, 6) is -1.09. The van der Waals surface area contributed by atoms with Gasteiger partial charge in [-0.25, -0.2) is 9.59 Å². The van der Waals surface area contributed by atoms with Crippen LogP contribution in [0.5, 0.6) is 11.5 Å². The Hall–Kier alpha value is -4.20. The Morgan fingerprint density at radius 3 is 1.25 bits per heavy atom. The highest BCUT2D eigenvalue weighted by Gasteiger charge is 2.32. The van der Waals surface area contributed by atoms with E-state index in [0.29, 0.717) is 61.2 Å². The fraction of sp³-hybridized carbons (Fsp3) is 0.375. The lowest BCUT2D eigenvalue weighted by atomic mass is 9.82. The van der Waals surface area contributed by atoms with Crippen molar-refractivity contribution in [3.63, 3.8) is 0 Å². The molecular weight excluding hydrogens is 512 g/mol. The molecule has 2 aromatic rings. The standard InChI is InChI=1S/C32H36O8/c1-21(2)29(33)37-19-17-23-5-13-27(14-6-23)39-31(35)25-9-11-26(12-10-25)32(36)40-28-15-7-24(8-16-28)18-20-38-30(34)22(3)4/h5-8,13-16,25-26H,1,3,9-12,17-20H2,2,4H3. The first-order chi connectivity index (χ1) is 19.1. The van der Waals surface area contributed by atoms with Crippen molar-refractivity contribution in [1.29, 1.82) is 0 Å². The van der Waals surface area contributed by atoms with Crippen molar-refractivity contribution in [2.75, 3.05) is 13.2 Å². The SMILES string of the molecule is C=C(C)C(=O)OCCc1ccc(OC(=O)C2CCC(C(=O)Oc3ccc(CCOC(=O)C(=C)C)cc3)CC2)cc1. The van der Waals surface area contributed by atoms with E-state index in [-0.39, 0.29) is 37.0 Å². The van der Waals surface area contributed by atoms with Crippen molar-refractivity contribution in [3.8, 4) is 11.5 Å². The summed E-state index contributed by atoms with van der Waals surface area (Å²) in [4.78, 5) is 48.2. The minimum absolute atomic E-state index is 0.247. The summed E-state index contributed by atoms with van der Waals surface area (Å²) in [6.07, 6.45) is 3.29. The van der Waals surface area contributed by atoms with Gasteiger partial charge in [-0.3, -0.25) is 9.59 Å². The van der Waals surface area contributed by atoms with Gasteiger partial charge < -0.3 is 18.9 Å². The molecule has 40 heavy (non-hydrogen) atoms. The molecule has 1 aliphatic carbocycles. The van der Waals surface area contributed by atoms with Crippen LogP contribution in [0.1, 0.15) is 50.7 Å². The van der Waals surface area contributed by atoms with Crippen LogP contribution in [-0.4, -0.2) is 37.1 Å². The smallest absolute Gasteiger partial charge is 0.333 e. The number of benzene rings is 2. The summed E-state index contributed by atoms with van der Waals surface area (Å²) in [6, 6.07) is 14.2. The molecule has 8 nitrogen and oxygen atoms in total. The van der Waals surface area contributed by atoms with Gasteiger partial charge in [0.05, 0.1) is 25.0 Å². The summed E-state index contributed by atoms with van der Waals surface area (Å²) in [6.45, 7) is 10.8. The lowest BCUT2D eigenvalue weighted by Gasteiger charge is -2.25. The van der Waals surface area contributed by atoms with E-state index in [2.05, 4.69) is 13.2 Å². The third-order valence-corrected chi connectivity index (χ3v) is 6.62. The van der Waals surface area contributed by atoms with Gasteiger partial charge in [0.25, 0.3) is 0 Å². The summed E-state index contributed by atoms with van der Waals surface area (Å²) < 4.78 is 21.3. The van der Waals surface area contributed by atoms with Crippen LogP contribution in [-0.2, 0) is 41.5 Å². The highest BCUT2D eigenvalue weighted by atomic mass is 16.5. The number of carbonyl (C=O) groups is 4. The van der Waals surface area contributed by atoms with Crippen molar-refractivity contribution < 1.29 is 38.1 Å². The van der Waals surface area contributed by atoms with Crippen LogP contribution < -0.4 is 9.47 Å². The number of hydrogen-bond acceptors (Lipinski definition) is 8. The highest BCUT2D eigenvalue weighted by Crippen LogP contribution is 2.31. The summed E-state index contributed by atoms with van der Waals surface area (Å²) in [5.41, 5.74) is 2.62. The van der Waals surface area contributed by atoms with Gasteiger partial charge in [0.15, 0.2) is 0 Å². The minimum Gasteiger partial charge on any atom is -0.462 e. The average Bonchev–Trinajstić information content (AvgIpc) is 2.94. The van der Waals surface area contributed by atoms with Crippen molar-refractivity contribution in [3.05, 3.63) is 84.0 Å². The van der Waals surface area contributed by atoms with Crippen LogP contribution in [0, 0.1) is 11.8 Å². The van der Waals surface area contributed by atoms with Gasteiger partial charge >= 0.3 is 23.9 Å². The Bertz CT molecular complexity index is 1120. The van der Waals surface area contributed by atoms with Gasteiger partial charge in [-0.05, 0) is 74.9 Å². The molecule has 0 aliphatic heterocycles. The molecule has 1 aliphatic rings. The Morgan fingerprint density at radius 2 is 0.950 bits per heavy atom. The first-order valence-corrected chi connectivity index (χ1v) is 13.4. The molecule has 0 atom stereocenters. The predicted octanol–water partition coefficient (Wildman–Crippen LogP) is 5.33. The maximum absolute atomic E-state index is 12.7. The van der Waals surface area contributed by atoms with Crippen molar-refractivity contribution >= 4 is 23.9 Å². The lowest BCUT2D eigenvalue weighted by Crippen LogP contribution is -2.30. The second-order valence-corrected chi connectivity index (χ2v) is 10.0. The van der Waals surface area contributed by atoms with Crippen LogP contribution in [0.2, 0.25) is 0 Å². The van der Waals surface area contributed by atoms with Gasteiger partial charge in [0.2, 0.25) is 0 Å². The molecule has 0 saturated heterocycles. The van der Waals surface area contributed by atoms with E-state index in [1.165, 1.54) is 0 Å². The van der Waals surface area contributed by atoms with E-state index in [9.17, 15) is 19.2 Å². The summed E-state index contributed by atoms with van der Waals surface area (Å²) in [5, 5.41) is 0. The predicted molar refractivity (Wildman–Crippen MR) is 149 cm³/mol. The van der Waals surface area contributed by atoms with E-state index in [4.69, 9.17) is 18.9 Å². The molecule has 0 N–H and O–H groups in total. The largest absolute Gasteiger partial charge is 0.462 e. The van der Waals surface area contributed by atoms with E-state index < -0.39 is 11.9 Å². The molecule has 212 valence electrons. The van der Waals surface area contributed by atoms with Crippen molar-refractivity contribution in [2.24, 2.45) is 11.8 Å². The van der Waals surface area contributed by atoms with Crippen LogP contribution in [0.3, 0.4) is 0 Å². The Balaban J connectivity index is 1.37. The molecule has 0 heterocycles. The zero-order valence-electron chi connectivity index (χ0n) is 23.1. The van der Waals surface area contributed by atoms with Crippen LogP contribution in [0.25, 0.3) is 0 Å². The number of esters is 4. The Morgan fingerprint density at radius 1 is 0.625 bits per heavy atom. The van der Waals surface area contributed by atoms with Gasteiger partial charge in [-0.2, -0.15) is 0 Å². The number of hydrogen-bond donors (Lipinski definition) is 0. The molecule has 0 unspecified atom stereocenters. The number of rotatable bonds is 12. The summed E-state index contributed by atoms with van der Waals surface area (Å²) >= 11 is 0. The van der Waals surface area contributed by atoms with Crippen LogP contribution in [0.15, 0.2) is 72.8 Å². The lowest BCUT2D eigenvalue weighted by molar-refractivity contribution is -0.145. The fourth-order valence-corrected chi connectivity index (χ4v) is 4.18. The van der Waals surface area contributed by atoms with E-state index in [1.54, 1.807) is 38.1 Å². The zero-order chi connectivity index (χ0) is 29.1. The Labute approximate surface area is 235 Å². The second-order valence-electron chi connectivity index (χ2n) is 10.0. The molecular formula is C32H36O8. The molecule has 2 aromatic carbocycles. The molecule has 0 spiro atoms. The maximum atomic E-state index is 12.7. The van der Waals surface area contributed by atoms with Gasteiger partial charge in [0, 0.05) is 24.0 Å². The molecule has 0 bridgehead atoms. The number of carbonyl (C=O) groups excluding carboxylic acids is 4. The molecule has 0 aromatic heterocycles. The normalized spacial score (nSPS) is 16.4. The van der Waals surface area contributed by atoms with Gasteiger partial charge in [-0.15, -0.1) is 0 Å². The van der Waals surface area contributed by atoms with Gasteiger partial charge in [-0.1, -0.05) is 37.4 Å². The third kappa shape index (κ3) is 9.52.